The predicted molar refractivity (Wildman–Crippen MR) is 146 cm³/mol. The van der Waals surface area contributed by atoms with Crippen molar-refractivity contribution in [3.63, 3.8) is 0 Å². The molecule has 0 radical (unpaired) electrons. The van der Waals surface area contributed by atoms with E-state index in [1.54, 1.807) is 7.11 Å². The van der Waals surface area contributed by atoms with Crippen LogP contribution in [-0.4, -0.2) is 64.4 Å². The number of amidine groups is 1. The minimum Gasteiger partial charge on any atom is -0.497 e. The van der Waals surface area contributed by atoms with Crippen LogP contribution in [0.15, 0.2) is 65.4 Å². The molecule has 2 aromatic heterocycles. The number of pyridine rings is 1. The van der Waals surface area contributed by atoms with Crippen LogP contribution in [0.5, 0.6) is 5.75 Å². The number of allylic oxidation sites excluding steroid dienone is 1. The first-order valence-corrected chi connectivity index (χ1v) is 12.9. The topological polar surface area (TPSA) is 93.7 Å². The van der Waals surface area contributed by atoms with E-state index in [0.717, 1.165) is 53.3 Å². The third-order valence-corrected chi connectivity index (χ3v) is 7.64. The molecule has 4 atom stereocenters. The average Bonchev–Trinajstić information content (AvgIpc) is 3.32. The number of piperidine rings is 1. The van der Waals surface area contributed by atoms with Crippen LogP contribution < -0.4 is 20.3 Å². The number of piperazine rings is 1. The third kappa shape index (κ3) is 4.67. The quantitative estimate of drug-likeness (QED) is 0.456. The van der Waals surface area contributed by atoms with Gasteiger partial charge in [-0.2, -0.15) is 5.10 Å². The van der Waals surface area contributed by atoms with Crippen LogP contribution in [-0.2, 0) is 0 Å². The van der Waals surface area contributed by atoms with Gasteiger partial charge in [0.2, 0.25) is 0 Å². The standard InChI is InChI=1S/C28H34N8O/c1-17-11-25(31-26-12-18(2)33-34-26)32-28(30-17)21-7-10-27(29-14-21)35-15-22-13-23(16-35)36(22)19(3)20-5-8-24(37-4)9-6-20/h5-12,14,19,22-23,25H,13,15-16H2,1-4H3,(H,30,32)(H2,31,33,34). The fourth-order valence-corrected chi connectivity index (χ4v) is 5.78. The number of ether oxygens (including phenoxy) is 1. The molecule has 1 aromatic carbocycles. The zero-order chi connectivity index (χ0) is 25.5. The van der Waals surface area contributed by atoms with E-state index < -0.39 is 0 Å². The number of anilines is 2. The Morgan fingerprint density at radius 1 is 1.08 bits per heavy atom. The lowest BCUT2D eigenvalue weighted by Gasteiger charge is -2.59. The van der Waals surface area contributed by atoms with E-state index in [2.05, 4.69) is 74.0 Å². The Bertz CT molecular complexity index is 1300. The molecule has 0 aliphatic carbocycles. The first-order valence-electron chi connectivity index (χ1n) is 12.9. The average molecular weight is 499 g/mol. The molecule has 3 saturated heterocycles. The first-order chi connectivity index (χ1) is 18.0. The van der Waals surface area contributed by atoms with Crippen molar-refractivity contribution < 1.29 is 4.74 Å². The molecule has 4 aliphatic rings. The number of hydrogen-bond acceptors (Lipinski definition) is 8. The molecule has 9 heteroatoms. The molecular weight excluding hydrogens is 464 g/mol. The molecular formula is C28H34N8O. The number of aromatic nitrogens is 3. The third-order valence-electron chi connectivity index (χ3n) is 7.64. The summed E-state index contributed by atoms with van der Waals surface area (Å²) in [6.45, 7) is 8.30. The van der Waals surface area contributed by atoms with E-state index in [9.17, 15) is 0 Å². The van der Waals surface area contributed by atoms with Crippen LogP contribution in [0, 0.1) is 6.92 Å². The minimum absolute atomic E-state index is 0.0947. The van der Waals surface area contributed by atoms with Crippen molar-refractivity contribution in [3.05, 3.63) is 77.3 Å². The number of aromatic amines is 1. The Balaban J connectivity index is 1.09. The number of H-pyrrole nitrogens is 1. The van der Waals surface area contributed by atoms with Crippen LogP contribution in [0.4, 0.5) is 11.6 Å². The number of benzene rings is 1. The van der Waals surface area contributed by atoms with Crippen molar-refractivity contribution >= 4 is 17.5 Å². The van der Waals surface area contributed by atoms with Gasteiger partial charge in [0.25, 0.3) is 0 Å². The number of aliphatic imine (C=N–C) groups is 1. The molecule has 4 unspecified atom stereocenters. The van der Waals surface area contributed by atoms with Gasteiger partial charge in [-0.25, -0.2) is 9.98 Å². The Morgan fingerprint density at radius 3 is 2.51 bits per heavy atom. The number of nitrogens with one attached hydrogen (secondary N) is 3. The molecule has 3 aromatic rings. The molecule has 192 valence electrons. The van der Waals surface area contributed by atoms with Crippen molar-refractivity contribution in [2.45, 2.75) is 51.5 Å². The zero-order valence-corrected chi connectivity index (χ0v) is 21.8. The van der Waals surface area contributed by atoms with Gasteiger partial charge in [-0.1, -0.05) is 12.1 Å². The smallest absolute Gasteiger partial charge is 0.149 e. The van der Waals surface area contributed by atoms with E-state index in [4.69, 9.17) is 14.7 Å². The van der Waals surface area contributed by atoms with Gasteiger partial charge in [0.15, 0.2) is 0 Å². The van der Waals surface area contributed by atoms with E-state index in [0.29, 0.717) is 18.1 Å². The second kappa shape index (κ2) is 9.55. The Kier molecular flexibility index (Phi) is 6.08. The lowest BCUT2D eigenvalue weighted by molar-refractivity contribution is -0.0343. The molecule has 6 heterocycles. The van der Waals surface area contributed by atoms with Gasteiger partial charge in [-0.15, -0.1) is 0 Å². The van der Waals surface area contributed by atoms with Crippen molar-refractivity contribution in [1.29, 1.82) is 0 Å². The Morgan fingerprint density at radius 2 is 1.86 bits per heavy atom. The second-order valence-corrected chi connectivity index (χ2v) is 10.2. The highest BCUT2D eigenvalue weighted by atomic mass is 16.5. The fraction of sp³-hybridized carbons (Fsp3) is 0.393. The molecule has 9 nitrogen and oxygen atoms in total. The molecule has 3 N–H and O–H groups in total. The molecule has 7 rings (SSSR count). The summed E-state index contributed by atoms with van der Waals surface area (Å²) >= 11 is 0. The summed E-state index contributed by atoms with van der Waals surface area (Å²) in [4.78, 5) is 14.6. The maximum atomic E-state index is 5.32. The summed E-state index contributed by atoms with van der Waals surface area (Å²) in [5, 5.41) is 14.1. The van der Waals surface area contributed by atoms with Crippen molar-refractivity contribution in [1.82, 2.24) is 25.4 Å². The number of aryl methyl sites for hydroxylation is 1. The van der Waals surface area contributed by atoms with Gasteiger partial charge >= 0.3 is 0 Å². The lowest BCUT2D eigenvalue weighted by atomic mass is 9.84. The van der Waals surface area contributed by atoms with E-state index in [-0.39, 0.29) is 6.17 Å². The summed E-state index contributed by atoms with van der Waals surface area (Å²) < 4.78 is 5.32. The SMILES string of the molecule is COc1ccc(C(C)N2C3CC2CN(c2ccc(C4=NC(C)=CC(Nc5cc(C)[nH]n5)N4)cn2)C3)cc1. The number of fused-ring (bicyclic) bond motifs is 2. The Labute approximate surface area is 217 Å². The minimum atomic E-state index is -0.0947. The van der Waals surface area contributed by atoms with E-state index in [1.807, 2.05) is 32.2 Å². The largest absolute Gasteiger partial charge is 0.497 e. The highest BCUT2D eigenvalue weighted by Crippen LogP contribution is 2.40. The van der Waals surface area contributed by atoms with E-state index >= 15 is 0 Å². The van der Waals surface area contributed by atoms with Crippen LogP contribution in [0.25, 0.3) is 0 Å². The normalized spacial score (nSPS) is 23.9. The molecule has 2 bridgehead atoms. The maximum Gasteiger partial charge on any atom is 0.149 e. The van der Waals surface area contributed by atoms with Gasteiger partial charge in [0.05, 0.1) is 7.11 Å². The van der Waals surface area contributed by atoms with Crippen LogP contribution in [0.1, 0.15) is 43.1 Å². The van der Waals surface area contributed by atoms with Gasteiger partial charge in [-0.05, 0) is 63.1 Å². The summed E-state index contributed by atoms with van der Waals surface area (Å²) in [6, 6.07) is 16.2. The van der Waals surface area contributed by atoms with Crippen LogP contribution in [0.3, 0.4) is 0 Å². The predicted octanol–water partition coefficient (Wildman–Crippen LogP) is 3.84. The first kappa shape index (κ1) is 23.5. The zero-order valence-electron chi connectivity index (χ0n) is 21.8. The summed E-state index contributed by atoms with van der Waals surface area (Å²) in [5.74, 6) is 3.54. The molecule has 3 fully saturated rings. The summed E-state index contributed by atoms with van der Waals surface area (Å²) in [5.41, 5.74) is 4.27. The van der Waals surface area contributed by atoms with Crippen LogP contribution >= 0.6 is 0 Å². The monoisotopic (exact) mass is 498 g/mol. The molecule has 4 aliphatic heterocycles. The molecule has 37 heavy (non-hydrogen) atoms. The molecule has 0 spiro atoms. The second-order valence-electron chi connectivity index (χ2n) is 10.2. The van der Waals surface area contributed by atoms with Gasteiger partial charge in [0, 0.05) is 60.4 Å². The van der Waals surface area contributed by atoms with Crippen LogP contribution in [0.2, 0.25) is 0 Å². The number of nitrogens with zero attached hydrogens (tertiary/aromatic N) is 5. The number of methoxy groups -OCH3 is 1. The van der Waals surface area contributed by atoms with Crippen molar-refractivity contribution in [2.75, 3.05) is 30.4 Å². The summed E-state index contributed by atoms with van der Waals surface area (Å²) in [7, 11) is 1.71. The van der Waals surface area contributed by atoms with Crippen molar-refractivity contribution in [2.24, 2.45) is 4.99 Å². The highest BCUT2D eigenvalue weighted by molar-refractivity contribution is 6.00. The lowest BCUT2D eigenvalue weighted by Crippen LogP contribution is -2.69. The highest BCUT2D eigenvalue weighted by Gasteiger charge is 2.47. The Hall–Kier alpha value is -3.85. The van der Waals surface area contributed by atoms with Gasteiger partial charge in [0.1, 0.15) is 29.4 Å². The van der Waals surface area contributed by atoms with Gasteiger partial charge in [-0.3, -0.25) is 10.00 Å². The van der Waals surface area contributed by atoms with E-state index in [1.165, 1.54) is 12.0 Å². The maximum absolute atomic E-state index is 5.32. The number of rotatable bonds is 7. The number of hydrogen-bond donors (Lipinski definition) is 3. The van der Waals surface area contributed by atoms with Gasteiger partial charge < -0.3 is 20.3 Å². The van der Waals surface area contributed by atoms with Crippen molar-refractivity contribution in [3.8, 4) is 5.75 Å². The fourth-order valence-electron chi connectivity index (χ4n) is 5.78. The summed E-state index contributed by atoms with van der Waals surface area (Å²) in [6.07, 6.45) is 5.13. The molecule has 0 amide bonds. The molecule has 0 saturated carbocycles.